The first-order valence-corrected chi connectivity index (χ1v) is 7.50. The Bertz CT molecular complexity index is 491. The molecule has 2 bridgehead atoms. The molecule has 110 valence electrons. The zero-order chi connectivity index (χ0) is 14.3. The fourth-order valence-corrected chi connectivity index (χ4v) is 3.57. The Kier molecular flexibility index (Phi) is 3.69. The first-order chi connectivity index (χ1) is 9.56. The SMILES string of the molecule is C[C@@H](O)c1ccc(N2CCC3CCC(C2)N3C)c(F)c1. The van der Waals surface area contributed by atoms with Gasteiger partial charge in [0.25, 0.3) is 0 Å². The maximum Gasteiger partial charge on any atom is 0.146 e. The number of aliphatic hydroxyl groups excluding tert-OH is 1. The fraction of sp³-hybridized carbons (Fsp3) is 0.625. The molecule has 2 fully saturated rings. The molecule has 1 aromatic carbocycles. The highest BCUT2D eigenvalue weighted by Gasteiger charge is 2.35. The Morgan fingerprint density at radius 3 is 2.70 bits per heavy atom. The molecule has 0 aliphatic carbocycles. The molecule has 0 aromatic heterocycles. The van der Waals surface area contributed by atoms with Crippen LogP contribution in [-0.2, 0) is 0 Å². The number of hydrogen-bond donors (Lipinski definition) is 1. The van der Waals surface area contributed by atoms with Gasteiger partial charge in [-0.1, -0.05) is 6.07 Å². The van der Waals surface area contributed by atoms with Crippen molar-refractivity contribution in [2.45, 2.75) is 44.4 Å². The van der Waals surface area contributed by atoms with Crippen molar-refractivity contribution >= 4 is 5.69 Å². The van der Waals surface area contributed by atoms with Gasteiger partial charge in [0.05, 0.1) is 11.8 Å². The zero-order valence-corrected chi connectivity index (χ0v) is 12.2. The number of benzene rings is 1. The van der Waals surface area contributed by atoms with Gasteiger partial charge in [0.1, 0.15) is 5.82 Å². The van der Waals surface area contributed by atoms with E-state index >= 15 is 0 Å². The highest BCUT2D eigenvalue weighted by atomic mass is 19.1. The standard InChI is InChI=1S/C16H23FN2O/c1-11(20)12-3-6-16(15(17)9-12)19-8-7-13-4-5-14(10-19)18(13)2/h3,6,9,11,13-14,20H,4-5,7-8,10H2,1-2H3/t11-,13?,14?/m1/s1. The van der Waals surface area contributed by atoms with E-state index in [2.05, 4.69) is 16.8 Å². The number of aliphatic hydroxyl groups is 1. The van der Waals surface area contributed by atoms with E-state index in [-0.39, 0.29) is 5.82 Å². The van der Waals surface area contributed by atoms with Gasteiger partial charge < -0.3 is 10.0 Å². The largest absolute Gasteiger partial charge is 0.389 e. The summed E-state index contributed by atoms with van der Waals surface area (Å²) in [6.07, 6.45) is 2.97. The third-order valence-corrected chi connectivity index (χ3v) is 4.94. The summed E-state index contributed by atoms with van der Waals surface area (Å²) < 4.78 is 14.3. The topological polar surface area (TPSA) is 26.7 Å². The van der Waals surface area contributed by atoms with Gasteiger partial charge in [0.2, 0.25) is 0 Å². The minimum Gasteiger partial charge on any atom is -0.389 e. The van der Waals surface area contributed by atoms with Crippen LogP contribution in [0.25, 0.3) is 0 Å². The van der Waals surface area contributed by atoms with E-state index in [1.165, 1.54) is 18.9 Å². The van der Waals surface area contributed by atoms with Crippen molar-refractivity contribution in [3.63, 3.8) is 0 Å². The molecule has 2 aliphatic rings. The number of anilines is 1. The second-order valence-electron chi connectivity index (χ2n) is 6.17. The molecule has 0 radical (unpaired) electrons. The van der Waals surface area contributed by atoms with Crippen LogP contribution in [0, 0.1) is 5.82 Å². The van der Waals surface area contributed by atoms with E-state index in [9.17, 15) is 9.50 Å². The van der Waals surface area contributed by atoms with Gasteiger partial charge in [-0.15, -0.1) is 0 Å². The van der Waals surface area contributed by atoms with Crippen LogP contribution in [0.3, 0.4) is 0 Å². The first-order valence-electron chi connectivity index (χ1n) is 7.50. The fourth-order valence-electron chi connectivity index (χ4n) is 3.57. The van der Waals surface area contributed by atoms with E-state index in [1.54, 1.807) is 6.92 Å². The molecule has 2 unspecified atom stereocenters. The Morgan fingerprint density at radius 2 is 2.00 bits per heavy atom. The highest BCUT2D eigenvalue weighted by molar-refractivity contribution is 5.50. The van der Waals surface area contributed by atoms with E-state index < -0.39 is 6.10 Å². The summed E-state index contributed by atoms with van der Waals surface area (Å²) in [6, 6.07) is 6.31. The average Bonchev–Trinajstić information content (AvgIpc) is 2.64. The summed E-state index contributed by atoms with van der Waals surface area (Å²) in [6.45, 7) is 3.47. The van der Waals surface area contributed by atoms with Crippen LogP contribution >= 0.6 is 0 Å². The lowest BCUT2D eigenvalue weighted by atomic mass is 10.1. The summed E-state index contributed by atoms with van der Waals surface area (Å²) in [5.74, 6) is -0.219. The van der Waals surface area contributed by atoms with Gasteiger partial charge in [-0.2, -0.15) is 0 Å². The molecular weight excluding hydrogens is 255 g/mol. The number of likely N-dealkylation sites (N-methyl/N-ethyl adjacent to an activating group) is 1. The van der Waals surface area contributed by atoms with E-state index in [0.29, 0.717) is 23.3 Å². The van der Waals surface area contributed by atoms with Crippen LogP contribution in [0.5, 0.6) is 0 Å². The second kappa shape index (κ2) is 5.34. The van der Waals surface area contributed by atoms with Gasteiger partial charge in [0, 0.05) is 25.2 Å². The lowest BCUT2D eigenvalue weighted by Gasteiger charge is -2.28. The Balaban J connectivity index is 1.82. The van der Waals surface area contributed by atoms with E-state index in [1.807, 2.05) is 12.1 Å². The highest BCUT2D eigenvalue weighted by Crippen LogP contribution is 2.32. The van der Waals surface area contributed by atoms with Crippen molar-refractivity contribution in [2.24, 2.45) is 0 Å². The maximum atomic E-state index is 14.3. The van der Waals surface area contributed by atoms with Crippen molar-refractivity contribution in [3.8, 4) is 0 Å². The van der Waals surface area contributed by atoms with Gasteiger partial charge >= 0.3 is 0 Å². The normalized spacial score (nSPS) is 28.5. The Hall–Kier alpha value is -1.13. The predicted octanol–water partition coefficient (Wildman–Crippen LogP) is 2.55. The number of hydrogen-bond acceptors (Lipinski definition) is 3. The summed E-state index contributed by atoms with van der Waals surface area (Å²) >= 11 is 0. The molecule has 2 aliphatic heterocycles. The van der Waals surface area contributed by atoms with Gasteiger partial charge in [-0.3, -0.25) is 4.90 Å². The molecule has 2 saturated heterocycles. The summed E-state index contributed by atoms with van der Waals surface area (Å²) in [5.41, 5.74) is 1.31. The summed E-state index contributed by atoms with van der Waals surface area (Å²) in [7, 11) is 2.19. The van der Waals surface area contributed by atoms with Gasteiger partial charge in [-0.05, 0) is 50.9 Å². The molecule has 1 N–H and O–H groups in total. The van der Waals surface area contributed by atoms with E-state index in [0.717, 1.165) is 19.5 Å². The molecule has 3 atom stereocenters. The molecule has 3 nitrogen and oxygen atoms in total. The van der Waals surface area contributed by atoms with Gasteiger partial charge in [-0.25, -0.2) is 4.39 Å². The molecule has 0 amide bonds. The van der Waals surface area contributed by atoms with Crippen molar-refractivity contribution in [2.75, 3.05) is 25.0 Å². The molecule has 0 saturated carbocycles. The molecule has 0 spiro atoms. The lowest BCUT2D eigenvalue weighted by molar-refractivity contribution is 0.199. The Morgan fingerprint density at radius 1 is 1.25 bits per heavy atom. The summed E-state index contributed by atoms with van der Waals surface area (Å²) in [4.78, 5) is 4.63. The van der Waals surface area contributed by atoms with Crippen LogP contribution in [0.2, 0.25) is 0 Å². The summed E-state index contributed by atoms with van der Waals surface area (Å²) in [5, 5.41) is 9.53. The van der Waals surface area contributed by atoms with Crippen LogP contribution < -0.4 is 4.90 Å². The van der Waals surface area contributed by atoms with Crippen molar-refractivity contribution in [1.29, 1.82) is 0 Å². The maximum absolute atomic E-state index is 14.3. The number of rotatable bonds is 2. The minimum absolute atomic E-state index is 0.219. The molecule has 3 rings (SSSR count). The van der Waals surface area contributed by atoms with Crippen molar-refractivity contribution < 1.29 is 9.50 Å². The molecule has 2 heterocycles. The molecular formula is C16H23FN2O. The molecule has 20 heavy (non-hydrogen) atoms. The van der Waals surface area contributed by atoms with Crippen LogP contribution in [0.4, 0.5) is 10.1 Å². The van der Waals surface area contributed by atoms with E-state index in [4.69, 9.17) is 0 Å². The van der Waals surface area contributed by atoms with Crippen LogP contribution in [-0.4, -0.2) is 42.2 Å². The van der Waals surface area contributed by atoms with Crippen molar-refractivity contribution in [3.05, 3.63) is 29.6 Å². The third-order valence-electron chi connectivity index (χ3n) is 4.94. The molecule has 1 aromatic rings. The smallest absolute Gasteiger partial charge is 0.146 e. The number of nitrogens with zero attached hydrogens (tertiary/aromatic N) is 2. The monoisotopic (exact) mass is 278 g/mol. The third kappa shape index (κ3) is 2.42. The van der Waals surface area contributed by atoms with Crippen molar-refractivity contribution in [1.82, 2.24) is 4.90 Å². The quantitative estimate of drug-likeness (QED) is 0.900. The predicted molar refractivity (Wildman–Crippen MR) is 78.4 cm³/mol. The van der Waals surface area contributed by atoms with Gasteiger partial charge in [0.15, 0.2) is 0 Å². The minimum atomic E-state index is -0.621. The average molecular weight is 278 g/mol. The zero-order valence-electron chi connectivity index (χ0n) is 12.2. The number of fused-ring (bicyclic) bond motifs is 2. The van der Waals surface area contributed by atoms with Crippen LogP contribution in [0.15, 0.2) is 18.2 Å². The first kappa shape index (κ1) is 13.8. The van der Waals surface area contributed by atoms with Crippen LogP contribution in [0.1, 0.15) is 37.9 Å². The molecule has 4 heteroatoms. The Labute approximate surface area is 120 Å². The number of halogens is 1. The lowest BCUT2D eigenvalue weighted by Crippen LogP contribution is -2.37. The second-order valence-corrected chi connectivity index (χ2v) is 6.17.